The Labute approximate surface area is 153 Å². The second kappa shape index (κ2) is 9.35. The third kappa shape index (κ3) is 5.82. The van der Waals surface area contributed by atoms with Crippen LogP contribution in [0.2, 0.25) is 0 Å². The Bertz CT molecular complexity index is 523. The molecule has 0 saturated carbocycles. The number of carbonyl (C=O) groups excluding carboxylic acids is 1. The summed E-state index contributed by atoms with van der Waals surface area (Å²) < 4.78 is 0. The van der Waals surface area contributed by atoms with Crippen molar-refractivity contribution >= 4 is 5.91 Å². The molecular weight excluding hydrogens is 310 g/mol. The first-order valence-corrected chi connectivity index (χ1v) is 9.68. The molecule has 0 aliphatic carbocycles. The Hall–Kier alpha value is -1.39. The molecule has 0 bridgehead atoms. The fourth-order valence-electron chi connectivity index (χ4n) is 4.12. The average Bonchev–Trinajstić information content (AvgIpc) is 2.54. The molecular formula is C21H35N3O. The highest BCUT2D eigenvalue weighted by atomic mass is 16.2. The Kier molecular flexibility index (Phi) is 7.45. The van der Waals surface area contributed by atoms with Gasteiger partial charge in [-0.2, -0.15) is 0 Å². The molecule has 4 unspecified atom stereocenters. The number of likely N-dealkylation sites (N-methyl/N-ethyl adjacent to an activating group) is 1. The largest absolute Gasteiger partial charge is 0.351 e. The molecule has 1 aromatic rings. The fraction of sp³-hybridized carbons (Fsp3) is 0.667. The first-order valence-electron chi connectivity index (χ1n) is 9.68. The number of benzene rings is 1. The molecule has 1 aromatic carbocycles. The van der Waals surface area contributed by atoms with Gasteiger partial charge in [-0.1, -0.05) is 51.1 Å². The van der Waals surface area contributed by atoms with Gasteiger partial charge >= 0.3 is 0 Å². The number of hydrogen-bond acceptors (Lipinski definition) is 3. The van der Waals surface area contributed by atoms with Crippen LogP contribution in [0.3, 0.4) is 0 Å². The Morgan fingerprint density at radius 3 is 2.40 bits per heavy atom. The maximum absolute atomic E-state index is 13.0. The molecule has 1 heterocycles. The number of hydrogen-bond donors (Lipinski definition) is 1. The minimum absolute atomic E-state index is 0.0983. The molecule has 4 heteroatoms. The number of nitrogens with one attached hydrogen (secondary N) is 1. The van der Waals surface area contributed by atoms with E-state index in [2.05, 4.69) is 42.8 Å². The monoisotopic (exact) mass is 345 g/mol. The number of amides is 1. The third-order valence-electron chi connectivity index (χ3n) is 5.17. The van der Waals surface area contributed by atoms with E-state index in [1.54, 1.807) is 0 Å². The Morgan fingerprint density at radius 1 is 1.24 bits per heavy atom. The molecule has 1 amide bonds. The van der Waals surface area contributed by atoms with Crippen LogP contribution in [-0.4, -0.2) is 55.0 Å². The van der Waals surface area contributed by atoms with Crippen LogP contribution in [-0.2, 0) is 4.79 Å². The maximum Gasteiger partial charge on any atom is 0.242 e. The second-order valence-electron chi connectivity index (χ2n) is 7.96. The minimum Gasteiger partial charge on any atom is -0.351 e. The smallest absolute Gasteiger partial charge is 0.242 e. The molecule has 1 fully saturated rings. The van der Waals surface area contributed by atoms with Crippen molar-refractivity contribution in [2.24, 2.45) is 11.8 Å². The normalized spacial score (nSPS) is 24.1. The van der Waals surface area contributed by atoms with E-state index >= 15 is 0 Å². The Morgan fingerprint density at radius 2 is 1.84 bits per heavy atom. The van der Waals surface area contributed by atoms with Crippen LogP contribution in [0.5, 0.6) is 0 Å². The number of likely N-dealkylation sites (tertiary alicyclic amines) is 1. The van der Waals surface area contributed by atoms with Crippen LogP contribution in [0.4, 0.5) is 0 Å². The van der Waals surface area contributed by atoms with Crippen LogP contribution >= 0.6 is 0 Å². The lowest BCUT2D eigenvalue weighted by Gasteiger charge is -2.37. The quantitative estimate of drug-likeness (QED) is 0.824. The predicted octanol–water partition coefficient (Wildman–Crippen LogP) is 3.16. The molecule has 4 atom stereocenters. The van der Waals surface area contributed by atoms with Gasteiger partial charge in [-0.15, -0.1) is 0 Å². The molecule has 2 rings (SSSR count). The average molecular weight is 346 g/mol. The van der Waals surface area contributed by atoms with Crippen LogP contribution in [0.1, 0.15) is 45.7 Å². The molecule has 1 aliphatic rings. The zero-order valence-corrected chi connectivity index (χ0v) is 16.5. The van der Waals surface area contributed by atoms with Gasteiger partial charge in [0, 0.05) is 25.7 Å². The van der Waals surface area contributed by atoms with E-state index in [9.17, 15) is 4.79 Å². The molecule has 0 spiro atoms. The summed E-state index contributed by atoms with van der Waals surface area (Å²) in [7, 11) is 2.01. The van der Waals surface area contributed by atoms with Crippen molar-refractivity contribution in [1.29, 1.82) is 0 Å². The number of nitrogens with zero attached hydrogens (tertiary/aromatic N) is 2. The van der Waals surface area contributed by atoms with Gasteiger partial charge in [0.05, 0.1) is 0 Å². The van der Waals surface area contributed by atoms with Crippen molar-refractivity contribution in [3.63, 3.8) is 0 Å². The summed E-state index contributed by atoms with van der Waals surface area (Å²) in [6.07, 6.45) is 1.31. The predicted molar refractivity (Wildman–Crippen MR) is 104 cm³/mol. The van der Waals surface area contributed by atoms with Crippen LogP contribution < -0.4 is 5.32 Å². The molecule has 0 radical (unpaired) electrons. The van der Waals surface area contributed by atoms with Gasteiger partial charge < -0.3 is 10.2 Å². The van der Waals surface area contributed by atoms with E-state index in [0.29, 0.717) is 0 Å². The summed E-state index contributed by atoms with van der Waals surface area (Å²) in [4.78, 5) is 17.6. The van der Waals surface area contributed by atoms with Gasteiger partial charge in [-0.25, -0.2) is 0 Å². The maximum atomic E-state index is 13.0. The van der Waals surface area contributed by atoms with Crippen molar-refractivity contribution in [2.75, 3.05) is 33.2 Å². The van der Waals surface area contributed by atoms with E-state index in [4.69, 9.17) is 0 Å². The summed E-state index contributed by atoms with van der Waals surface area (Å²) in [5, 5.41) is 3.25. The standard InChI is InChI=1S/C21H35N3O/c1-6-23(5)20(19-10-8-7-9-11-19)21(25)22-18(4)15-24-13-16(2)12-17(3)14-24/h7-11,16-18,20H,6,12-15H2,1-5H3,(H,22,25). The number of carbonyl (C=O) groups is 1. The zero-order chi connectivity index (χ0) is 18.4. The summed E-state index contributed by atoms with van der Waals surface area (Å²) in [5.74, 6) is 1.59. The highest BCUT2D eigenvalue weighted by Crippen LogP contribution is 2.22. The van der Waals surface area contributed by atoms with E-state index < -0.39 is 0 Å². The summed E-state index contributed by atoms with van der Waals surface area (Å²) in [6.45, 7) is 12.9. The van der Waals surface area contributed by atoms with Crippen LogP contribution in [0.25, 0.3) is 0 Å². The lowest BCUT2D eigenvalue weighted by molar-refractivity contribution is -0.127. The lowest BCUT2D eigenvalue weighted by Crippen LogP contribution is -2.49. The summed E-state index contributed by atoms with van der Waals surface area (Å²) in [6, 6.07) is 9.99. The van der Waals surface area contributed by atoms with E-state index in [-0.39, 0.29) is 18.0 Å². The zero-order valence-electron chi connectivity index (χ0n) is 16.5. The van der Waals surface area contributed by atoms with Crippen molar-refractivity contribution in [1.82, 2.24) is 15.1 Å². The summed E-state index contributed by atoms with van der Waals surface area (Å²) in [5.41, 5.74) is 1.05. The first kappa shape index (κ1) is 19.9. The van der Waals surface area contributed by atoms with E-state index in [1.165, 1.54) is 6.42 Å². The number of rotatable bonds is 7. The topological polar surface area (TPSA) is 35.6 Å². The van der Waals surface area contributed by atoms with Gasteiger partial charge in [-0.3, -0.25) is 9.69 Å². The van der Waals surface area contributed by atoms with Gasteiger partial charge in [0.15, 0.2) is 0 Å². The highest BCUT2D eigenvalue weighted by Gasteiger charge is 2.27. The number of piperidine rings is 1. The van der Waals surface area contributed by atoms with Gasteiger partial charge in [0.25, 0.3) is 0 Å². The summed E-state index contributed by atoms with van der Waals surface area (Å²) >= 11 is 0. The van der Waals surface area contributed by atoms with E-state index in [0.717, 1.165) is 43.6 Å². The van der Waals surface area contributed by atoms with Gasteiger partial charge in [-0.05, 0) is 44.3 Å². The first-order chi connectivity index (χ1) is 11.9. The second-order valence-corrected chi connectivity index (χ2v) is 7.96. The van der Waals surface area contributed by atoms with Crippen LogP contribution in [0.15, 0.2) is 30.3 Å². The van der Waals surface area contributed by atoms with Crippen molar-refractivity contribution < 1.29 is 4.79 Å². The highest BCUT2D eigenvalue weighted by molar-refractivity contribution is 5.83. The van der Waals surface area contributed by atoms with Crippen molar-refractivity contribution in [3.05, 3.63) is 35.9 Å². The van der Waals surface area contributed by atoms with Crippen molar-refractivity contribution in [2.45, 2.75) is 46.2 Å². The third-order valence-corrected chi connectivity index (χ3v) is 5.17. The lowest BCUT2D eigenvalue weighted by atomic mass is 9.91. The SMILES string of the molecule is CCN(C)C(C(=O)NC(C)CN1CC(C)CC(C)C1)c1ccccc1. The molecule has 140 valence electrons. The molecule has 1 saturated heterocycles. The molecule has 0 aromatic heterocycles. The van der Waals surface area contributed by atoms with Gasteiger partial charge in [0.2, 0.25) is 5.91 Å². The molecule has 25 heavy (non-hydrogen) atoms. The Balaban J connectivity index is 1.97. The molecule has 4 nitrogen and oxygen atoms in total. The van der Waals surface area contributed by atoms with Crippen molar-refractivity contribution in [3.8, 4) is 0 Å². The fourth-order valence-corrected chi connectivity index (χ4v) is 4.12. The van der Waals surface area contributed by atoms with E-state index in [1.807, 2.05) is 37.4 Å². The van der Waals surface area contributed by atoms with Crippen LogP contribution in [0, 0.1) is 11.8 Å². The van der Waals surface area contributed by atoms with Gasteiger partial charge in [0.1, 0.15) is 6.04 Å². The molecule has 1 N–H and O–H groups in total. The molecule has 1 aliphatic heterocycles. The minimum atomic E-state index is -0.229.